The zero-order valence-electron chi connectivity index (χ0n) is 17.2. The molecule has 9 nitrogen and oxygen atoms in total. The summed E-state index contributed by atoms with van der Waals surface area (Å²) in [7, 11) is 0. The second-order valence-corrected chi connectivity index (χ2v) is 8.52. The number of carbonyl (C=O) groups is 2. The molecular formula is C20H27N5O4S. The van der Waals surface area contributed by atoms with E-state index >= 15 is 0 Å². The average Bonchev–Trinajstić information content (AvgIpc) is 3.46. The lowest BCUT2D eigenvalue weighted by Gasteiger charge is -2.38. The Labute approximate surface area is 179 Å². The zero-order valence-corrected chi connectivity index (χ0v) is 18.0. The minimum atomic E-state index is -0.296. The van der Waals surface area contributed by atoms with Crippen molar-refractivity contribution < 1.29 is 18.8 Å². The van der Waals surface area contributed by atoms with E-state index in [2.05, 4.69) is 15.0 Å². The van der Waals surface area contributed by atoms with Gasteiger partial charge in [0.15, 0.2) is 0 Å². The summed E-state index contributed by atoms with van der Waals surface area (Å²) in [5.41, 5.74) is 0. The van der Waals surface area contributed by atoms with E-state index in [0.717, 1.165) is 24.3 Å². The van der Waals surface area contributed by atoms with E-state index < -0.39 is 0 Å². The Balaban J connectivity index is 1.29. The Hall–Kier alpha value is -2.46. The Morgan fingerprint density at radius 2 is 2.03 bits per heavy atom. The van der Waals surface area contributed by atoms with Gasteiger partial charge in [0.1, 0.15) is 0 Å². The summed E-state index contributed by atoms with van der Waals surface area (Å²) in [5.74, 6) is 1.33. The van der Waals surface area contributed by atoms with Crippen LogP contribution >= 0.6 is 11.3 Å². The van der Waals surface area contributed by atoms with Gasteiger partial charge in [0, 0.05) is 32.7 Å². The number of amides is 2. The molecule has 2 aliphatic heterocycles. The van der Waals surface area contributed by atoms with Gasteiger partial charge in [-0.15, -0.1) is 11.3 Å². The number of piperidine rings is 1. The molecule has 0 N–H and O–H groups in total. The third kappa shape index (κ3) is 4.81. The van der Waals surface area contributed by atoms with Crippen LogP contribution in [-0.4, -0.2) is 82.7 Å². The van der Waals surface area contributed by atoms with Crippen LogP contribution < -0.4 is 0 Å². The van der Waals surface area contributed by atoms with Gasteiger partial charge in [-0.2, -0.15) is 4.98 Å². The van der Waals surface area contributed by atoms with Crippen molar-refractivity contribution in [1.82, 2.24) is 24.8 Å². The Kier molecular flexibility index (Phi) is 6.63. The molecule has 0 aliphatic carbocycles. The molecule has 2 amide bonds. The summed E-state index contributed by atoms with van der Waals surface area (Å²) in [5, 5.41) is 6.05. The van der Waals surface area contributed by atoms with E-state index in [1.54, 1.807) is 23.2 Å². The van der Waals surface area contributed by atoms with Gasteiger partial charge < -0.3 is 19.1 Å². The highest BCUT2D eigenvalue weighted by Gasteiger charge is 2.32. The molecule has 0 radical (unpaired) electrons. The molecule has 4 rings (SSSR count). The first-order valence-electron chi connectivity index (χ1n) is 10.4. The molecule has 30 heavy (non-hydrogen) atoms. The second-order valence-electron chi connectivity index (χ2n) is 7.57. The van der Waals surface area contributed by atoms with Crippen LogP contribution in [0.5, 0.6) is 0 Å². The van der Waals surface area contributed by atoms with Gasteiger partial charge in [-0.1, -0.05) is 11.2 Å². The molecule has 4 heterocycles. The van der Waals surface area contributed by atoms with Crippen LogP contribution in [0.4, 0.5) is 4.79 Å². The van der Waals surface area contributed by atoms with E-state index in [4.69, 9.17) is 9.26 Å². The van der Waals surface area contributed by atoms with Crippen molar-refractivity contribution in [2.75, 3.05) is 45.9 Å². The number of likely N-dealkylation sites (tertiary alicyclic amines) is 1. The minimum absolute atomic E-state index is 0.0346. The van der Waals surface area contributed by atoms with Gasteiger partial charge >= 0.3 is 6.09 Å². The molecule has 2 aliphatic rings. The lowest BCUT2D eigenvalue weighted by molar-refractivity contribution is -0.139. The Morgan fingerprint density at radius 1 is 1.23 bits per heavy atom. The quantitative estimate of drug-likeness (QED) is 0.714. The van der Waals surface area contributed by atoms with Crippen LogP contribution in [0.1, 0.15) is 25.7 Å². The molecule has 0 unspecified atom stereocenters. The minimum Gasteiger partial charge on any atom is -0.450 e. The SMILES string of the molecule is CCOC(=O)N1CCN(C(=O)[C@@H]2CCCN(Cc3nc(-c4cccs4)no3)C2)CC1. The monoisotopic (exact) mass is 433 g/mol. The van der Waals surface area contributed by atoms with Gasteiger partial charge in [-0.25, -0.2) is 4.79 Å². The van der Waals surface area contributed by atoms with Crippen LogP contribution in [-0.2, 0) is 16.1 Å². The number of piperazine rings is 1. The molecule has 162 valence electrons. The number of carbonyl (C=O) groups excluding carboxylic acids is 2. The zero-order chi connectivity index (χ0) is 20.9. The topological polar surface area (TPSA) is 92.0 Å². The lowest BCUT2D eigenvalue weighted by Crippen LogP contribution is -2.53. The summed E-state index contributed by atoms with van der Waals surface area (Å²) in [6.45, 7) is 6.48. The number of nitrogens with zero attached hydrogens (tertiary/aromatic N) is 5. The molecule has 2 fully saturated rings. The standard InChI is InChI=1S/C20H27N5O4S/c1-2-28-20(27)25-10-8-24(9-11-25)19(26)15-5-3-7-23(13-15)14-17-21-18(22-29-17)16-6-4-12-30-16/h4,6,12,15H,2-3,5,7-11,13-14H2,1H3/t15-/m1/s1. The predicted molar refractivity (Wildman–Crippen MR) is 111 cm³/mol. The van der Waals surface area contributed by atoms with Crippen molar-refractivity contribution in [3.05, 3.63) is 23.4 Å². The largest absolute Gasteiger partial charge is 0.450 e. The van der Waals surface area contributed by atoms with Gasteiger partial charge in [0.05, 0.1) is 23.9 Å². The molecule has 1 atom stereocenters. The number of ether oxygens (including phenoxy) is 1. The van der Waals surface area contributed by atoms with Gasteiger partial charge in [-0.05, 0) is 37.8 Å². The number of thiophene rings is 1. The van der Waals surface area contributed by atoms with E-state index in [1.807, 2.05) is 22.4 Å². The van der Waals surface area contributed by atoms with Crippen molar-refractivity contribution in [2.24, 2.45) is 5.92 Å². The second kappa shape index (κ2) is 9.57. The molecule has 0 spiro atoms. The van der Waals surface area contributed by atoms with E-state index in [0.29, 0.717) is 57.6 Å². The van der Waals surface area contributed by atoms with E-state index in [-0.39, 0.29) is 17.9 Å². The van der Waals surface area contributed by atoms with Gasteiger partial charge in [0.25, 0.3) is 0 Å². The molecule has 10 heteroatoms. The number of hydrogen-bond acceptors (Lipinski definition) is 8. The third-order valence-corrected chi connectivity index (χ3v) is 6.41. The fourth-order valence-electron chi connectivity index (χ4n) is 4.00. The first kappa shape index (κ1) is 20.8. The Morgan fingerprint density at radius 3 is 2.77 bits per heavy atom. The average molecular weight is 434 g/mol. The van der Waals surface area contributed by atoms with Crippen LogP contribution in [0.15, 0.2) is 22.0 Å². The fraction of sp³-hybridized carbons (Fsp3) is 0.600. The van der Waals surface area contributed by atoms with Gasteiger partial charge in [0.2, 0.25) is 17.6 Å². The first-order valence-corrected chi connectivity index (χ1v) is 11.3. The summed E-state index contributed by atoms with van der Waals surface area (Å²) in [6.07, 6.45) is 1.55. The fourth-order valence-corrected chi connectivity index (χ4v) is 4.65. The molecule has 2 aromatic heterocycles. The highest BCUT2D eigenvalue weighted by molar-refractivity contribution is 7.13. The third-order valence-electron chi connectivity index (χ3n) is 5.54. The maximum Gasteiger partial charge on any atom is 0.409 e. The Bertz CT molecular complexity index is 847. The van der Waals surface area contributed by atoms with Crippen molar-refractivity contribution >= 4 is 23.3 Å². The normalized spacial score (nSPS) is 20.4. The molecule has 2 aromatic rings. The number of hydrogen-bond donors (Lipinski definition) is 0. The van der Waals surface area contributed by atoms with Crippen molar-refractivity contribution in [3.8, 4) is 10.7 Å². The summed E-state index contributed by atoms with van der Waals surface area (Å²) in [6, 6.07) is 3.93. The van der Waals surface area contributed by atoms with Crippen LogP contribution in [0.3, 0.4) is 0 Å². The van der Waals surface area contributed by atoms with Crippen LogP contribution in [0.25, 0.3) is 10.7 Å². The molecule has 0 aromatic carbocycles. The number of rotatable bonds is 5. The van der Waals surface area contributed by atoms with E-state index in [1.165, 1.54) is 0 Å². The molecule has 2 saturated heterocycles. The molecule has 0 bridgehead atoms. The van der Waals surface area contributed by atoms with Crippen LogP contribution in [0, 0.1) is 5.92 Å². The van der Waals surface area contributed by atoms with Crippen molar-refractivity contribution in [2.45, 2.75) is 26.3 Å². The molecular weight excluding hydrogens is 406 g/mol. The lowest BCUT2D eigenvalue weighted by atomic mass is 9.96. The predicted octanol–water partition coefficient (Wildman–Crippen LogP) is 2.31. The van der Waals surface area contributed by atoms with Crippen molar-refractivity contribution in [3.63, 3.8) is 0 Å². The highest BCUT2D eigenvalue weighted by Crippen LogP contribution is 2.24. The van der Waals surface area contributed by atoms with E-state index in [9.17, 15) is 9.59 Å². The highest BCUT2D eigenvalue weighted by atomic mass is 32.1. The summed E-state index contributed by atoms with van der Waals surface area (Å²) < 4.78 is 10.5. The smallest absolute Gasteiger partial charge is 0.409 e. The molecule has 0 saturated carbocycles. The maximum absolute atomic E-state index is 13.0. The maximum atomic E-state index is 13.0. The van der Waals surface area contributed by atoms with Crippen LogP contribution in [0.2, 0.25) is 0 Å². The number of aromatic nitrogens is 2. The summed E-state index contributed by atoms with van der Waals surface area (Å²) >= 11 is 1.58. The summed E-state index contributed by atoms with van der Waals surface area (Å²) in [4.78, 5) is 36.1. The van der Waals surface area contributed by atoms with Gasteiger partial charge in [-0.3, -0.25) is 9.69 Å². The van der Waals surface area contributed by atoms with Crippen molar-refractivity contribution in [1.29, 1.82) is 0 Å². The first-order chi connectivity index (χ1) is 14.6.